The van der Waals surface area contributed by atoms with Crippen LogP contribution < -0.4 is 5.32 Å². The number of aromatic nitrogens is 1. The van der Waals surface area contributed by atoms with E-state index in [4.69, 9.17) is 8.94 Å². The van der Waals surface area contributed by atoms with Crippen molar-refractivity contribution in [2.45, 2.75) is 20.0 Å². The quantitative estimate of drug-likeness (QED) is 0.928. The maximum Gasteiger partial charge on any atom is 0.317 e. The predicted molar refractivity (Wildman–Crippen MR) is 79.0 cm³/mol. The number of hydrogen-bond donors (Lipinski definition) is 1. The Labute approximate surface area is 128 Å². The van der Waals surface area contributed by atoms with Crippen molar-refractivity contribution in [2.24, 2.45) is 0 Å². The van der Waals surface area contributed by atoms with E-state index in [0.717, 1.165) is 36.7 Å². The number of piperazine rings is 1. The zero-order valence-electron chi connectivity index (χ0n) is 12.6. The van der Waals surface area contributed by atoms with Gasteiger partial charge in [-0.2, -0.15) is 0 Å². The summed E-state index contributed by atoms with van der Waals surface area (Å²) in [6, 6.07) is 3.76. The zero-order valence-corrected chi connectivity index (χ0v) is 12.6. The molecule has 1 aliphatic heterocycles. The van der Waals surface area contributed by atoms with Crippen LogP contribution in [0.4, 0.5) is 4.79 Å². The summed E-state index contributed by atoms with van der Waals surface area (Å²) in [5.74, 6) is 0.871. The first-order chi connectivity index (χ1) is 10.7. The number of furan rings is 1. The van der Waals surface area contributed by atoms with Crippen LogP contribution in [0.3, 0.4) is 0 Å². The lowest BCUT2D eigenvalue weighted by atomic mass is 10.3. The number of aryl methyl sites for hydroxylation is 1. The van der Waals surface area contributed by atoms with Gasteiger partial charge in [0.1, 0.15) is 0 Å². The molecule has 1 aliphatic rings. The minimum atomic E-state index is -0.0311. The number of nitrogens with zero attached hydrogens (tertiary/aromatic N) is 3. The highest BCUT2D eigenvalue weighted by Crippen LogP contribution is 2.10. The van der Waals surface area contributed by atoms with E-state index < -0.39 is 0 Å². The summed E-state index contributed by atoms with van der Waals surface area (Å²) >= 11 is 0. The standard InChI is InChI=1S/C15H20N4O3/c1-12-8-14(22-17-12)10-18-3-5-19(6-4-18)15(20)16-9-13-2-7-21-11-13/h2,7-8,11H,3-6,9-10H2,1H3,(H,16,20). The van der Waals surface area contributed by atoms with Crippen LogP contribution in [0.15, 0.2) is 33.6 Å². The van der Waals surface area contributed by atoms with Gasteiger partial charge in [0.15, 0.2) is 5.76 Å². The van der Waals surface area contributed by atoms with Gasteiger partial charge in [-0.25, -0.2) is 4.79 Å². The summed E-state index contributed by atoms with van der Waals surface area (Å²) in [5.41, 5.74) is 1.86. The van der Waals surface area contributed by atoms with Crippen molar-refractivity contribution in [2.75, 3.05) is 26.2 Å². The Kier molecular flexibility index (Phi) is 4.43. The van der Waals surface area contributed by atoms with E-state index in [1.807, 2.05) is 24.0 Å². The Morgan fingerprint density at radius 3 is 2.82 bits per heavy atom. The molecule has 3 rings (SSSR count). The first-order valence-corrected chi connectivity index (χ1v) is 7.39. The summed E-state index contributed by atoms with van der Waals surface area (Å²) in [4.78, 5) is 16.2. The second-order valence-electron chi connectivity index (χ2n) is 5.49. The topological polar surface area (TPSA) is 74.8 Å². The number of carbonyl (C=O) groups excluding carboxylic acids is 1. The van der Waals surface area contributed by atoms with Gasteiger partial charge in [0.25, 0.3) is 0 Å². The van der Waals surface area contributed by atoms with Gasteiger partial charge in [0, 0.05) is 44.4 Å². The van der Waals surface area contributed by atoms with E-state index in [2.05, 4.69) is 15.4 Å². The van der Waals surface area contributed by atoms with Crippen molar-refractivity contribution in [3.8, 4) is 0 Å². The maximum atomic E-state index is 12.1. The van der Waals surface area contributed by atoms with Crippen molar-refractivity contribution in [3.63, 3.8) is 0 Å². The van der Waals surface area contributed by atoms with Crippen LogP contribution >= 0.6 is 0 Å². The fraction of sp³-hybridized carbons (Fsp3) is 0.467. The Morgan fingerprint density at radius 2 is 2.18 bits per heavy atom. The first kappa shape index (κ1) is 14.6. The summed E-state index contributed by atoms with van der Waals surface area (Å²) in [5, 5.41) is 6.79. The van der Waals surface area contributed by atoms with Gasteiger partial charge in [-0.1, -0.05) is 5.16 Å². The molecule has 7 nitrogen and oxygen atoms in total. The van der Waals surface area contributed by atoms with Gasteiger partial charge in [0.05, 0.1) is 24.8 Å². The molecule has 1 N–H and O–H groups in total. The lowest BCUT2D eigenvalue weighted by molar-refractivity contribution is 0.127. The van der Waals surface area contributed by atoms with Gasteiger partial charge in [-0.05, 0) is 13.0 Å². The monoisotopic (exact) mass is 304 g/mol. The number of carbonyl (C=O) groups is 1. The van der Waals surface area contributed by atoms with E-state index in [-0.39, 0.29) is 6.03 Å². The highest BCUT2D eigenvalue weighted by atomic mass is 16.5. The van der Waals surface area contributed by atoms with Crippen LogP contribution in [0.25, 0.3) is 0 Å². The third kappa shape index (κ3) is 3.67. The molecule has 1 saturated heterocycles. The van der Waals surface area contributed by atoms with Crippen LogP contribution in [0, 0.1) is 6.92 Å². The zero-order chi connectivity index (χ0) is 15.4. The Hall–Kier alpha value is -2.28. The van der Waals surface area contributed by atoms with Crippen molar-refractivity contribution in [1.29, 1.82) is 0 Å². The highest BCUT2D eigenvalue weighted by Gasteiger charge is 2.21. The first-order valence-electron chi connectivity index (χ1n) is 7.39. The van der Waals surface area contributed by atoms with Crippen molar-refractivity contribution in [3.05, 3.63) is 41.7 Å². The Morgan fingerprint density at radius 1 is 1.36 bits per heavy atom. The van der Waals surface area contributed by atoms with Crippen molar-refractivity contribution < 1.29 is 13.7 Å². The Bertz CT molecular complexity index is 600. The molecule has 0 atom stereocenters. The number of hydrogen-bond acceptors (Lipinski definition) is 5. The number of urea groups is 1. The minimum Gasteiger partial charge on any atom is -0.472 e. The van der Waals surface area contributed by atoms with E-state index in [1.54, 1.807) is 12.5 Å². The third-order valence-corrected chi connectivity index (χ3v) is 3.74. The molecule has 118 valence electrons. The number of nitrogens with one attached hydrogen (secondary N) is 1. The maximum absolute atomic E-state index is 12.1. The molecule has 0 bridgehead atoms. The largest absolute Gasteiger partial charge is 0.472 e. The fourth-order valence-electron chi connectivity index (χ4n) is 2.50. The second kappa shape index (κ2) is 6.65. The molecule has 2 aromatic rings. The fourth-order valence-corrected chi connectivity index (χ4v) is 2.50. The van der Waals surface area contributed by atoms with Gasteiger partial charge in [0.2, 0.25) is 0 Å². The third-order valence-electron chi connectivity index (χ3n) is 3.74. The molecule has 0 radical (unpaired) electrons. The molecular weight excluding hydrogens is 284 g/mol. The Balaban J connectivity index is 1.42. The molecule has 0 saturated carbocycles. The summed E-state index contributed by atoms with van der Waals surface area (Å²) in [6.45, 7) is 6.24. The predicted octanol–water partition coefficient (Wildman–Crippen LogP) is 1.60. The summed E-state index contributed by atoms with van der Waals surface area (Å²) in [6.07, 6.45) is 3.24. The van der Waals surface area contributed by atoms with Crippen LogP contribution in [0.2, 0.25) is 0 Å². The van der Waals surface area contributed by atoms with Gasteiger partial charge >= 0.3 is 6.03 Å². The van der Waals surface area contributed by atoms with E-state index in [9.17, 15) is 4.79 Å². The lowest BCUT2D eigenvalue weighted by Gasteiger charge is -2.34. The lowest BCUT2D eigenvalue weighted by Crippen LogP contribution is -2.51. The van der Waals surface area contributed by atoms with Crippen molar-refractivity contribution in [1.82, 2.24) is 20.3 Å². The molecule has 22 heavy (non-hydrogen) atoms. The van der Waals surface area contributed by atoms with E-state index in [0.29, 0.717) is 19.6 Å². The van der Waals surface area contributed by atoms with E-state index >= 15 is 0 Å². The molecule has 0 aromatic carbocycles. The smallest absolute Gasteiger partial charge is 0.317 e. The number of rotatable bonds is 4. The van der Waals surface area contributed by atoms with Crippen molar-refractivity contribution >= 4 is 6.03 Å². The molecule has 0 unspecified atom stereocenters. The molecule has 2 aromatic heterocycles. The minimum absolute atomic E-state index is 0.0311. The summed E-state index contributed by atoms with van der Waals surface area (Å²) < 4.78 is 10.2. The molecule has 0 aliphatic carbocycles. The SMILES string of the molecule is Cc1cc(CN2CCN(C(=O)NCc3ccoc3)CC2)on1. The normalized spacial score (nSPS) is 16.0. The molecule has 1 fully saturated rings. The van der Waals surface area contributed by atoms with Crippen LogP contribution in [0.1, 0.15) is 17.0 Å². The highest BCUT2D eigenvalue weighted by molar-refractivity contribution is 5.74. The van der Waals surface area contributed by atoms with E-state index in [1.165, 1.54) is 0 Å². The number of amides is 2. The van der Waals surface area contributed by atoms with Gasteiger partial charge < -0.3 is 19.2 Å². The van der Waals surface area contributed by atoms with Gasteiger partial charge in [-0.3, -0.25) is 4.90 Å². The summed E-state index contributed by atoms with van der Waals surface area (Å²) in [7, 11) is 0. The van der Waals surface area contributed by atoms with Crippen LogP contribution in [-0.2, 0) is 13.1 Å². The van der Waals surface area contributed by atoms with Crippen LogP contribution in [0.5, 0.6) is 0 Å². The average Bonchev–Trinajstić information content (AvgIpc) is 3.17. The van der Waals surface area contributed by atoms with Crippen LogP contribution in [-0.4, -0.2) is 47.2 Å². The second-order valence-corrected chi connectivity index (χ2v) is 5.49. The molecule has 0 spiro atoms. The molecule has 2 amide bonds. The average molecular weight is 304 g/mol. The molecule has 7 heteroatoms. The molecular formula is C15H20N4O3. The van der Waals surface area contributed by atoms with Gasteiger partial charge in [-0.15, -0.1) is 0 Å². The molecule has 3 heterocycles.